The third kappa shape index (κ3) is 4.07. The number of benzene rings is 3. The lowest BCUT2D eigenvalue weighted by atomic mass is 10.2. The standard InChI is InChI=1S/C25H21N3O3S/c29-23(26-18-9-2-4-11-20(18)28-15-7-14-24(28)30)16-31-21-12-5-1-8-17(21)25-27-19-10-3-6-13-22(19)32-25/h1-6,8-13H,7,14-16H2,(H,26,29). The normalized spacial score (nSPS) is 13.5. The van der Waals surface area contributed by atoms with Crippen molar-refractivity contribution in [2.45, 2.75) is 12.8 Å². The zero-order valence-electron chi connectivity index (χ0n) is 17.3. The van der Waals surface area contributed by atoms with Crippen LogP contribution in [0.25, 0.3) is 20.8 Å². The zero-order valence-corrected chi connectivity index (χ0v) is 18.1. The van der Waals surface area contributed by atoms with Crippen molar-refractivity contribution >= 4 is 44.7 Å². The van der Waals surface area contributed by atoms with Gasteiger partial charge in [-0.05, 0) is 42.8 Å². The second kappa shape index (κ2) is 8.80. The summed E-state index contributed by atoms with van der Waals surface area (Å²) < 4.78 is 6.98. The molecular weight excluding hydrogens is 422 g/mol. The second-order valence-electron chi connectivity index (χ2n) is 7.49. The third-order valence-electron chi connectivity index (χ3n) is 5.31. The Morgan fingerprint density at radius 1 is 1.03 bits per heavy atom. The number of fused-ring (bicyclic) bond motifs is 1. The third-order valence-corrected chi connectivity index (χ3v) is 6.38. The van der Waals surface area contributed by atoms with Crippen molar-refractivity contribution in [3.63, 3.8) is 0 Å². The highest BCUT2D eigenvalue weighted by Gasteiger charge is 2.24. The molecule has 3 aromatic carbocycles. The molecule has 0 radical (unpaired) electrons. The van der Waals surface area contributed by atoms with Crippen LogP contribution in [-0.2, 0) is 9.59 Å². The molecular formula is C25H21N3O3S. The van der Waals surface area contributed by atoms with E-state index in [1.54, 1.807) is 22.3 Å². The molecule has 5 rings (SSSR count). The van der Waals surface area contributed by atoms with E-state index in [1.165, 1.54) is 0 Å². The number of nitrogens with one attached hydrogen (secondary N) is 1. The summed E-state index contributed by atoms with van der Waals surface area (Å²) in [6.45, 7) is 0.516. The lowest BCUT2D eigenvalue weighted by molar-refractivity contribution is -0.118. The summed E-state index contributed by atoms with van der Waals surface area (Å²) in [7, 11) is 0. The average Bonchev–Trinajstić information content (AvgIpc) is 3.44. The highest BCUT2D eigenvalue weighted by Crippen LogP contribution is 2.35. The van der Waals surface area contributed by atoms with Crippen LogP contribution in [0.4, 0.5) is 11.4 Å². The Hall–Kier alpha value is -3.71. The number of hydrogen-bond acceptors (Lipinski definition) is 5. The largest absolute Gasteiger partial charge is 0.483 e. The smallest absolute Gasteiger partial charge is 0.262 e. The van der Waals surface area contributed by atoms with Crippen LogP contribution < -0.4 is 15.0 Å². The fraction of sp³-hybridized carbons (Fsp3) is 0.160. The molecule has 0 aliphatic carbocycles. The van der Waals surface area contributed by atoms with Gasteiger partial charge in [0.05, 0.1) is 27.2 Å². The lowest BCUT2D eigenvalue weighted by Gasteiger charge is -2.20. The number of carbonyl (C=O) groups is 2. The predicted molar refractivity (Wildman–Crippen MR) is 127 cm³/mol. The topological polar surface area (TPSA) is 71.5 Å². The molecule has 4 aromatic rings. The van der Waals surface area contributed by atoms with E-state index in [1.807, 2.05) is 66.7 Å². The van der Waals surface area contributed by atoms with Gasteiger partial charge in [-0.15, -0.1) is 11.3 Å². The quantitative estimate of drug-likeness (QED) is 0.450. The van der Waals surface area contributed by atoms with Gasteiger partial charge >= 0.3 is 0 Å². The second-order valence-corrected chi connectivity index (χ2v) is 8.52. The number of amides is 2. The van der Waals surface area contributed by atoms with Gasteiger partial charge in [0.25, 0.3) is 5.91 Å². The number of anilines is 2. The van der Waals surface area contributed by atoms with Gasteiger partial charge in [0.1, 0.15) is 10.8 Å². The highest BCUT2D eigenvalue weighted by molar-refractivity contribution is 7.21. The summed E-state index contributed by atoms with van der Waals surface area (Å²) >= 11 is 1.59. The molecule has 6 nitrogen and oxygen atoms in total. The maximum atomic E-state index is 12.7. The maximum absolute atomic E-state index is 12.7. The van der Waals surface area contributed by atoms with Crippen LogP contribution in [0, 0.1) is 0 Å². The molecule has 160 valence electrons. The van der Waals surface area contributed by atoms with Crippen LogP contribution in [-0.4, -0.2) is 29.9 Å². The maximum Gasteiger partial charge on any atom is 0.262 e. The van der Waals surface area contributed by atoms with E-state index in [-0.39, 0.29) is 18.4 Å². The number of hydrogen-bond donors (Lipinski definition) is 1. The average molecular weight is 444 g/mol. The molecule has 1 aliphatic rings. The van der Waals surface area contributed by atoms with Gasteiger partial charge in [0.2, 0.25) is 5.91 Å². The first kappa shape index (κ1) is 20.2. The van der Waals surface area contributed by atoms with Gasteiger partial charge in [-0.25, -0.2) is 4.98 Å². The van der Waals surface area contributed by atoms with Crippen molar-refractivity contribution in [1.29, 1.82) is 0 Å². The molecule has 1 aliphatic heterocycles. The number of carbonyl (C=O) groups excluding carboxylic acids is 2. The fourth-order valence-corrected chi connectivity index (χ4v) is 4.80. The minimum atomic E-state index is -0.289. The van der Waals surface area contributed by atoms with Crippen LogP contribution >= 0.6 is 11.3 Å². The molecule has 0 saturated carbocycles. The molecule has 2 amide bonds. The van der Waals surface area contributed by atoms with Crippen molar-refractivity contribution in [3.05, 3.63) is 72.8 Å². The van der Waals surface area contributed by atoms with Crippen molar-refractivity contribution in [3.8, 4) is 16.3 Å². The predicted octanol–water partition coefficient (Wildman–Crippen LogP) is 5.11. The van der Waals surface area contributed by atoms with E-state index in [0.717, 1.165) is 32.9 Å². The summed E-state index contributed by atoms with van der Waals surface area (Å²) in [6.07, 6.45) is 1.36. The van der Waals surface area contributed by atoms with Gasteiger partial charge in [-0.3, -0.25) is 9.59 Å². The molecule has 1 aromatic heterocycles. The van der Waals surface area contributed by atoms with Crippen molar-refractivity contribution < 1.29 is 14.3 Å². The van der Waals surface area contributed by atoms with Crippen molar-refractivity contribution in [2.75, 3.05) is 23.4 Å². The lowest BCUT2D eigenvalue weighted by Crippen LogP contribution is -2.27. The van der Waals surface area contributed by atoms with Gasteiger partial charge in [0, 0.05) is 13.0 Å². The SMILES string of the molecule is O=C(COc1ccccc1-c1nc2ccccc2s1)Nc1ccccc1N1CCCC1=O. The fourth-order valence-electron chi connectivity index (χ4n) is 3.80. The van der Waals surface area contributed by atoms with E-state index in [4.69, 9.17) is 9.72 Å². The van der Waals surface area contributed by atoms with E-state index in [2.05, 4.69) is 5.32 Å². The Morgan fingerprint density at radius 3 is 2.66 bits per heavy atom. The zero-order chi connectivity index (χ0) is 21.9. The minimum absolute atomic E-state index is 0.0766. The van der Waals surface area contributed by atoms with E-state index in [9.17, 15) is 9.59 Å². The molecule has 0 atom stereocenters. The Kier molecular flexibility index (Phi) is 5.56. The van der Waals surface area contributed by atoms with Crippen LogP contribution in [0.3, 0.4) is 0 Å². The summed E-state index contributed by atoms with van der Waals surface area (Å²) in [5.41, 5.74) is 3.12. The molecule has 0 spiro atoms. The molecule has 7 heteroatoms. The minimum Gasteiger partial charge on any atom is -0.483 e. The molecule has 1 saturated heterocycles. The highest BCUT2D eigenvalue weighted by atomic mass is 32.1. The van der Waals surface area contributed by atoms with Crippen LogP contribution in [0.15, 0.2) is 72.8 Å². The molecule has 1 N–H and O–H groups in total. The van der Waals surface area contributed by atoms with Gasteiger partial charge in [-0.1, -0.05) is 36.4 Å². The Bertz CT molecular complexity index is 1270. The molecule has 0 unspecified atom stereocenters. The number of ether oxygens (including phenoxy) is 1. The number of nitrogens with zero attached hydrogens (tertiary/aromatic N) is 2. The van der Waals surface area contributed by atoms with Crippen LogP contribution in [0.2, 0.25) is 0 Å². The molecule has 0 bridgehead atoms. The van der Waals surface area contributed by atoms with Gasteiger partial charge in [-0.2, -0.15) is 0 Å². The van der Waals surface area contributed by atoms with E-state index >= 15 is 0 Å². The number of aromatic nitrogens is 1. The first-order valence-corrected chi connectivity index (χ1v) is 11.3. The summed E-state index contributed by atoms with van der Waals surface area (Å²) in [5, 5.41) is 3.74. The first-order chi connectivity index (χ1) is 15.7. The number of rotatable bonds is 6. The van der Waals surface area contributed by atoms with Crippen LogP contribution in [0.1, 0.15) is 12.8 Å². The van der Waals surface area contributed by atoms with Crippen LogP contribution in [0.5, 0.6) is 5.75 Å². The number of thiazole rings is 1. The van der Waals surface area contributed by atoms with E-state index in [0.29, 0.717) is 24.4 Å². The Labute approximate surface area is 189 Å². The Balaban J connectivity index is 1.31. The van der Waals surface area contributed by atoms with Crippen molar-refractivity contribution in [2.24, 2.45) is 0 Å². The Morgan fingerprint density at radius 2 is 1.81 bits per heavy atom. The molecule has 1 fully saturated rings. The first-order valence-electron chi connectivity index (χ1n) is 10.5. The monoisotopic (exact) mass is 443 g/mol. The van der Waals surface area contributed by atoms with Gasteiger partial charge in [0.15, 0.2) is 6.61 Å². The summed E-state index contributed by atoms with van der Waals surface area (Å²) in [6, 6.07) is 22.9. The summed E-state index contributed by atoms with van der Waals surface area (Å²) in [4.78, 5) is 31.2. The van der Waals surface area contributed by atoms with Gasteiger partial charge < -0.3 is 15.0 Å². The summed E-state index contributed by atoms with van der Waals surface area (Å²) in [5.74, 6) is 0.389. The molecule has 2 heterocycles. The number of para-hydroxylation sites is 4. The molecule has 32 heavy (non-hydrogen) atoms. The van der Waals surface area contributed by atoms with Crippen molar-refractivity contribution in [1.82, 2.24) is 4.98 Å². The van der Waals surface area contributed by atoms with E-state index < -0.39 is 0 Å².